The van der Waals surface area contributed by atoms with E-state index in [1.54, 1.807) is 0 Å². The van der Waals surface area contributed by atoms with Crippen LogP contribution in [-0.2, 0) is 11.2 Å². The monoisotopic (exact) mass is 274 g/mol. The van der Waals surface area contributed by atoms with Crippen LogP contribution in [0.4, 0.5) is 0 Å². The topological polar surface area (TPSA) is 41.1 Å². The average molecular weight is 274 g/mol. The summed E-state index contributed by atoms with van der Waals surface area (Å²) in [6.07, 6.45) is 1.82. The third-order valence-electron chi connectivity index (χ3n) is 4.51. The summed E-state index contributed by atoms with van der Waals surface area (Å²) in [4.78, 5) is 12.7. The van der Waals surface area contributed by atoms with Crippen LogP contribution in [0.5, 0.6) is 0 Å². The van der Waals surface area contributed by atoms with Crippen LogP contribution in [0.15, 0.2) is 30.3 Å². The van der Waals surface area contributed by atoms with Crippen LogP contribution in [0, 0.1) is 11.3 Å². The van der Waals surface area contributed by atoms with Crippen LogP contribution in [0.1, 0.15) is 32.8 Å². The number of carbonyl (C=O) groups is 1. The second-order valence-electron chi connectivity index (χ2n) is 6.30. The third kappa shape index (κ3) is 3.21. The molecule has 2 rings (SSSR count). The SMILES string of the molecule is CC(Cc1ccccc1)NC(=O)C1(C(C)C)CCNC1. The summed E-state index contributed by atoms with van der Waals surface area (Å²) < 4.78 is 0. The fourth-order valence-electron chi connectivity index (χ4n) is 3.05. The maximum Gasteiger partial charge on any atom is 0.228 e. The zero-order chi connectivity index (χ0) is 14.6. The van der Waals surface area contributed by atoms with Gasteiger partial charge in [0.15, 0.2) is 0 Å². The van der Waals surface area contributed by atoms with E-state index < -0.39 is 0 Å². The molecule has 1 aliphatic heterocycles. The minimum absolute atomic E-state index is 0.168. The van der Waals surface area contributed by atoms with Crippen molar-refractivity contribution >= 4 is 5.91 Å². The molecule has 110 valence electrons. The van der Waals surface area contributed by atoms with Gasteiger partial charge in [-0.15, -0.1) is 0 Å². The van der Waals surface area contributed by atoms with Gasteiger partial charge in [-0.2, -0.15) is 0 Å². The highest BCUT2D eigenvalue weighted by Crippen LogP contribution is 2.34. The Morgan fingerprint density at radius 2 is 2.00 bits per heavy atom. The number of hydrogen-bond donors (Lipinski definition) is 2. The number of hydrogen-bond acceptors (Lipinski definition) is 2. The summed E-state index contributed by atoms with van der Waals surface area (Å²) in [5, 5.41) is 6.55. The number of amides is 1. The summed E-state index contributed by atoms with van der Waals surface area (Å²) in [5.41, 5.74) is 1.04. The van der Waals surface area contributed by atoms with E-state index in [0.29, 0.717) is 5.92 Å². The van der Waals surface area contributed by atoms with Gasteiger partial charge in [-0.25, -0.2) is 0 Å². The zero-order valence-electron chi connectivity index (χ0n) is 12.8. The van der Waals surface area contributed by atoms with E-state index in [2.05, 4.69) is 43.5 Å². The van der Waals surface area contributed by atoms with Crippen molar-refractivity contribution in [3.63, 3.8) is 0 Å². The smallest absolute Gasteiger partial charge is 0.228 e. The van der Waals surface area contributed by atoms with E-state index in [1.165, 1.54) is 5.56 Å². The highest BCUT2D eigenvalue weighted by atomic mass is 16.2. The first kappa shape index (κ1) is 15.0. The molecule has 1 fully saturated rings. The Morgan fingerprint density at radius 1 is 1.30 bits per heavy atom. The Hall–Kier alpha value is -1.35. The van der Waals surface area contributed by atoms with E-state index in [0.717, 1.165) is 25.9 Å². The standard InChI is InChI=1S/C17H26N2O/c1-13(2)17(9-10-18-12-17)16(20)19-14(3)11-15-7-5-4-6-8-15/h4-8,13-14,18H,9-12H2,1-3H3,(H,19,20). The molecule has 3 heteroatoms. The number of benzene rings is 1. The molecule has 0 saturated carbocycles. The highest BCUT2D eigenvalue weighted by molar-refractivity contribution is 5.83. The Bertz CT molecular complexity index is 436. The van der Waals surface area contributed by atoms with E-state index in [-0.39, 0.29) is 17.4 Å². The fraction of sp³-hybridized carbons (Fsp3) is 0.588. The van der Waals surface area contributed by atoms with Gasteiger partial charge in [0.25, 0.3) is 0 Å². The Kier molecular flexibility index (Phi) is 4.81. The first-order valence-electron chi connectivity index (χ1n) is 7.60. The molecule has 2 N–H and O–H groups in total. The summed E-state index contributed by atoms with van der Waals surface area (Å²) in [7, 11) is 0. The molecule has 3 nitrogen and oxygen atoms in total. The van der Waals surface area contributed by atoms with Gasteiger partial charge in [0.05, 0.1) is 5.41 Å². The molecule has 1 saturated heterocycles. The molecule has 0 spiro atoms. The van der Waals surface area contributed by atoms with Crippen molar-refractivity contribution in [3.05, 3.63) is 35.9 Å². The van der Waals surface area contributed by atoms with Crippen molar-refractivity contribution in [3.8, 4) is 0 Å². The minimum atomic E-state index is -0.231. The van der Waals surface area contributed by atoms with Crippen LogP contribution in [0.3, 0.4) is 0 Å². The van der Waals surface area contributed by atoms with E-state index in [1.807, 2.05) is 18.2 Å². The number of rotatable bonds is 5. The summed E-state index contributed by atoms with van der Waals surface area (Å²) in [5.74, 6) is 0.572. The summed E-state index contributed by atoms with van der Waals surface area (Å²) >= 11 is 0. The lowest BCUT2D eigenvalue weighted by Crippen LogP contribution is -2.49. The predicted molar refractivity (Wildman–Crippen MR) is 82.5 cm³/mol. The van der Waals surface area contributed by atoms with Crippen LogP contribution in [-0.4, -0.2) is 25.0 Å². The highest BCUT2D eigenvalue weighted by Gasteiger charge is 2.44. The van der Waals surface area contributed by atoms with Crippen molar-refractivity contribution in [2.45, 2.75) is 39.7 Å². The quantitative estimate of drug-likeness (QED) is 0.865. The molecule has 2 unspecified atom stereocenters. The maximum atomic E-state index is 12.7. The fourth-order valence-corrected chi connectivity index (χ4v) is 3.05. The van der Waals surface area contributed by atoms with Crippen molar-refractivity contribution in [2.75, 3.05) is 13.1 Å². The molecule has 1 aromatic carbocycles. The van der Waals surface area contributed by atoms with Gasteiger partial charge in [-0.05, 0) is 37.8 Å². The van der Waals surface area contributed by atoms with Gasteiger partial charge in [0, 0.05) is 12.6 Å². The molecule has 1 amide bonds. The van der Waals surface area contributed by atoms with Gasteiger partial charge in [-0.1, -0.05) is 44.2 Å². The van der Waals surface area contributed by atoms with Crippen LogP contribution in [0.2, 0.25) is 0 Å². The first-order chi connectivity index (χ1) is 9.54. The predicted octanol–water partition coefficient (Wildman–Crippen LogP) is 2.37. The van der Waals surface area contributed by atoms with Crippen LogP contribution >= 0.6 is 0 Å². The molecule has 1 heterocycles. The molecule has 20 heavy (non-hydrogen) atoms. The number of carbonyl (C=O) groups excluding carboxylic acids is 1. The Balaban J connectivity index is 1.96. The normalized spacial score (nSPS) is 23.8. The lowest BCUT2D eigenvalue weighted by molar-refractivity contribution is -0.133. The van der Waals surface area contributed by atoms with E-state index >= 15 is 0 Å². The summed E-state index contributed by atoms with van der Waals surface area (Å²) in [6.45, 7) is 8.12. The summed E-state index contributed by atoms with van der Waals surface area (Å²) in [6, 6.07) is 10.5. The van der Waals surface area contributed by atoms with Gasteiger partial charge in [-0.3, -0.25) is 4.79 Å². The van der Waals surface area contributed by atoms with Gasteiger partial charge in [0.2, 0.25) is 5.91 Å². The first-order valence-corrected chi connectivity index (χ1v) is 7.60. The average Bonchev–Trinajstić information content (AvgIpc) is 2.90. The van der Waals surface area contributed by atoms with Crippen molar-refractivity contribution in [2.24, 2.45) is 11.3 Å². The van der Waals surface area contributed by atoms with Crippen molar-refractivity contribution in [1.82, 2.24) is 10.6 Å². The lowest BCUT2D eigenvalue weighted by Gasteiger charge is -2.32. The minimum Gasteiger partial charge on any atom is -0.353 e. The molecule has 2 atom stereocenters. The van der Waals surface area contributed by atoms with Crippen LogP contribution in [0.25, 0.3) is 0 Å². The molecule has 0 radical (unpaired) electrons. The molecule has 0 aliphatic carbocycles. The Labute approximate surface area is 122 Å². The molecular formula is C17H26N2O. The second-order valence-corrected chi connectivity index (χ2v) is 6.30. The third-order valence-corrected chi connectivity index (χ3v) is 4.51. The van der Waals surface area contributed by atoms with Gasteiger partial charge < -0.3 is 10.6 Å². The van der Waals surface area contributed by atoms with Crippen molar-refractivity contribution in [1.29, 1.82) is 0 Å². The molecular weight excluding hydrogens is 248 g/mol. The van der Waals surface area contributed by atoms with E-state index in [9.17, 15) is 4.79 Å². The second kappa shape index (κ2) is 6.40. The molecule has 0 bridgehead atoms. The maximum absolute atomic E-state index is 12.7. The van der Waals surface area contributed by atoms with Gasteiger partial charge >= 0.3 is 0 Å². The van der Waals surface area contributed by atoms with Crippen LogP contribution < -0.4 is 10.6 Å². The lowest BCUT2D eigenvalue weighted by atomic mass is 9.75. The zero-order valence-corrected chi connectivity index (χ0v) is 12.8. The Morgan fingerprint density at radius 3 is 2.55 bits per heavy atom. The van der Waals surface area contributed by atoms with Crippen molar-refractivity contribution < 1.29 is 4.79 Å². The van der Waals surface area contributed by atoms with Gasteiger partial charge in [0.1, 0.15) is 0 Å². The molecule has 0 aromatic heterocycles. The largest absolute Gasteiger partial charge is 0.353 e. The van der Waals surface area contributed by atoms with E-state index in [4.69, 9.17) is 0 Å². The molecule has 1 aliphatic rings. The molecule has 1 aromatic rings. The number of nitrogens with one attached hydrogen (secondary N) is 2.